The molecule has 5 nitrogen and oxygen atoms in total. The van der Waals surface area contributed by atoms with E-state index in [1.807, 2.05) is 0 Å². The summed E-state index contributed by atoms with van der Waals surface area (Å²) in [5, 5.41) is 21.0. The van der Waals surface area contributed by atoms with E-state index in [0.717, 1.165) is 24.8 Å². The molecule has 2 rings (SSSR count). The van der Waals surface area contributed by atoms with Crippen LogP contribution in [-0.4, -0.2) is 22.5 Å². The van der Waals surface area contributed by atoms with Crippen LogP contribution in [0.5, 0.6) is 0 Å². The van der Waals surface area contributed by atoms with Crippen molar-refractivity contribution in [1.82, 2.24) is 5.32 Å². The van der Waals surface area contributed by atoms with Crippen LogP contribution >= 0.6 is 0 Å². The number of hydrogen-bond donors (Lipinski definition) is 2. The molecule has 1 fully saturated rings. The normalized spacial score (nSPS) is 23.7. The monoisotopic (exact) mass is 314 g/mol. The van der Waals surface area contributed by atoms with E-state index in [-0.39, 0.29) is 5.91 Å². The Morgan fingerprint density at radius 1 is 1.30 bits per heavy atom. The van der Waals surface area contributed by atoms with Gasteiger partial charge < -0.3 is 10.4 Å². The zero-order valence-electron chi connectivity index (χ0n) is 13.3. The number of rotatable bonds is 5. The van der Waals surface area contributed by atoms with Gasteiger partial charge in [-0.15, -0.1) is 0 Å². The summed E-state index contributed by atoms with van der Waals surface area (Å²) in [4.78, 5) is 24.1. The number of carboxylic acids is 1. The molecule has 1 aliphatic carbocycles. The van der Waals surface area contributed by atoms with Crippen molar-refractivity contribution >= 4 is 11.9 Å². The molecular weight excluding hydrogens is 292 g/mol. The van der Waals surface area contributed by atoms with Crippen LogP contribution in [0.4, 0.5) is 0 Å². The lowest BCUT2D eigenvalue weighted by Crippen LogP contribution is -2.56. The van der Waals surface area contributed by atoms with Crippen molar-refractivity contribution in [3.8, 4) is 6.07 Å². The third-order valence-corrected chi connectivity index (χ3v) is 4.80. The number of carboxylic acid groups (broad SMARTS) is 1. The second-order valence-corrected chi connectivity index (χ2v) is 6.22. The maximum atomic E-state index is 12.4. The predicted molar refractivity (Wildman–Crippen MR) is 85.8 cm³/mol. The zero-order chi connectivity index (χ0) is 16.9. The molecule has 0 bridgehead atoms. The van der Waals surface area contributed by atoms with Crippen LogP contribution in [-0.2, 0) is 11.2 Å². The van der Waals surface area contributed by atoms with E-state index >= 15 is 0 Å². The molecule has 0 spiro atoms. The van der Waals surface area contributed by atoms with Gasteiger partial charge in [-0.1, -0.05) is 25.5 Å². The second-order valence-electron chi connectivity index (χ2n) is 6.22. The molecule has 0 heterocycles. The number of hydrogen-bond acceptors (Lipinski definition) is 3. The third kappa shape index (κ3) is 3.89. The lowest BCUT2D eigenvalue weighted by molar-refractivity contribution is -0.146. The summed E-state index contributed by atoms with van der Waals surface area (Å²) in [7, 11) is 0. The largest absolute Gasteiger partial charge is 0.480 e. The number of aliphatic carboxylic acids is 1. The molecule has 1 amide bonds. The molecule has 0 aliphatic heterocycles. The fraction of sp³-hybridized carbons (Fsp3) is 0.500. The summed E-state index contributed by atoms with van der Waals surface area (Å²) in [6, 6.07) is 8.76. The summed E-state index contributed by atoms with van der Waals surface area (Å²) < 4.78 is 0. The van der Waals surface area contributed by atoms with Crippen molar-refractivity contribution in [3.63, 3.8) is 0 Å². The first-order chi connectivity index (χ1) is 11.0. The lowest BCUT2D eigenvalue weighted by atomic mass is 9.75. The highest BCUT2D eigenvalue weighted by atomic mass is 16.4. The van der Waals surface area contributed by atoms with Crippen LogP contribution in [0.15, 0.2) is 24.3 Å². The van der Waals surface area contributed by atoms with E-state index < -0.39 is 11.5 Å². The number of carbonyl (C=O) groups excluding carboxylic acids is 1. The minimum Gasteiger partial charge on any atom is -0.480 e. The van der Waals surface area contributed by atoms with Gasteiger partial charge in [-0.25, -0.2) is 4.79 Å². The lowest BCUT2D eigenvalue weighted by Gasteiger charge is -2.37. The number of nitrogens with one attached hydrogen (secondary N) is 1. The van der Waals surface area contributed by atoms with Gasteiger partial charge >= 0.3 is 5.97 Å². The molecule has 2 N–H and O–H groups in total. The van der Waals surface area contributed by atoms with Gasteiger partial charge in [0.05, 0.1) is 12.5 Å². The first-order valence-corrected chi connectivity index (χ1v) is 8.02. The predicted octanol–water partition coefficient (Wildman–Crippen LogP) is 2.91. The highest BCUT2D eigenvalue weighted by molar-refractivity contribution is 5.97. The van der Waals surface area contributed by atoms with Gasteiger partial charge in [0.25, 0.3) is 5.91 Å². The Kier molecular flexibility index (Phi) is 5.38. The highest BCUT2D eigenvalue weighted by Gasteiger charge is 2.43. The number of amides is 1. The molecule has 1 aliphatic rings. The van der Waals surface area contributed by atoms with Crippen molar-refractivity contribution in [2.45, 2.75) is 51.0 Å². The Morgan fingerprint density at radius 2 is 1.91 bits per heavy atom. The molecule has 0 radical (unpaired) electrons. The van der Waals surface area contributed by atoms with Crippen molar-refractivity contribution < 1.29 is 14.7 Å². The van der Waals surface area contributed by atoms with Crippen LogP contribution < -0.4 is 5.32 Å². The van der Waals surface area contributed by atoms with E-state index in [4.69, 9.17) is 5.26 Å². The van der Waals surface area contributed by atoms with Crippen LogP contribution in [0.25, 0.3) is 0 Å². The maximum absolute atomic E-state index is 12.4. The van der Waals surface area contributed by atoms with Crippen LogP contribution in [0, 0.1) is 17.2 Å². The smallest absolute Gasteiger partial charge is 0.329 e. The van der Waals surface area contributed by atoms with Crippen LogP contribution in [0.2, 0.25) is 0 Å². The first-order valence-electron chi connectivity index (χ1n) is 8.02. The van der Waals surface area contributed by atoms with Crippen molar-refractivity contribution in [2.75, 3.05) is 0 Å². The molecule has 122 valence electrons. The summed E-state index contributed by atoms with van der Waals surface area (Å²) in [5.41, 5.74) is 0.0963. The Balaban J connectivity index is 2.09. The van der Waals surface area contributed by atoms with Crippen molar-refractivity contribution in [1.29, 1.82) is 5.26 Å². The number of nitriles is 1. The third-order valence-electron chi connectivity index (χ3n) is 4.80. The van der Waals surface area contributed by atoms with E-state index in [2.05, 4.69) is 18.3 Å². The quantitative estimate of drug-likeness (QED) is 0.874. The van der Waals surface area contributed by atoms with Gasteiger partial charge in [-0.3, -0.25) is 4.79 Å². The summed E-state index contributed by atoms with van der Waals surface area (Å²) >= 11 is 0. The topological polar surface area (TPSA) is 90.2 Å². The summed E-state index contributed by atoms with van der Waals surface area (Å²) in [5.74, 6) is -0.781. The molecule has 23 heavy (non-hydrogen) atoms. The minimum atomic E-state index is -1.16. The molecule has 0 atom stereocenters. The molecular formula is C18H22N2O3. The Hall–Kier alpha value is -2.35. The number of carbonyl (C=O) groups is 2. The summed E-state index contributed by atoms with van der Waals surface area (Å²) in [6.07, 6.45) is 3.93. The minimum absolute atomic E-state index is 0.291. The SMILES string of the molecule is CCC1CCC(NC(=O)c2ccc(CC#N)cc2)(C(=O)O)CC1. The van der Waals surface area contributed by atoms with E-state index in [0.29, 0.717) is 30.7 Å². The van der Waals surface area contributed by atoms with Gasteiger partial charge in [-0.2, -0.15) is 5.26 Å². The van der Waals surface area contributed by atoms with Crippen LogP contribution in [0.3, 0.4) is 0 Å². The molecule has 1 aromatic rings. The highest BCUT2D eigenvalue weighted by Crippen LogP contribution is 2.34. The molecule has 1 saturated carbocycles. The van der Waals surface area contributed by atoms with Crippen molar-refractivity contribution in [3.05, 3.63) is 35.4 Å². The van der Waals surface area contributed by atoms with Crippen molar-refractivity contribution in [2.24, 2.45) is 5.92 Å². The summed E-state index contributed by atoms with van der Waals surface area (Å²) in [6.45, 7) is 2.11. The van der Waals surface area contributed by atoms with Gasteiger partial charge in [0, 0.05) is 5.56 Å². The molecule has 0 saturated heterocycles. The average molecular weight is 314 g/mol. The Labute approximate surface area is 136 Å². The molecule has 0 aromatic heterocycles. The second kappa shape index (κ2) is 7.28. The van der Waals surface area contributed by atoms with E-state index in [1.54, 1.807) is 24.3 Å². The fourth-order valence-corrected chi connectivity index (χ4v) is 3.13. The van der Waals surface area contributed by atoms with E-state index in [1.165, 1.54) is 0 Å². The van der Waals surface area contributed by atoms with E-state index in [9.17, 15) is 14.7 Å². The number of benzene rings is 1. The zero-order valence-corrected chi connectivity index (χ0v) is 13.3. The first kappa shape index (κ1) is 17.0. The fourth-order valence-electron chi connectivity index (χ4n) is 3.13. The standard InChI is InChI=1S/C18H22N2O3/c1-2-13-7-10-18(11-8-13,17(22)23)20-16(21)15-5-3-14(4-6-15)9-12-19/h3-6,13H,2,7-11H2,1H3,(H,20,21)(H,22,23). The maximum Gasteiger partial charge on any atom is 0.329 e. The van der Waals surface area contributed by atoms with Gasteiger partial charge in [0.2, 0.25) is 0 Å². The average Bonchev–Trinajstić information content (AvgIpc) is 2.56. The van der Waals surface area contributed by atoms with Gasteiger partial charge in [0.1, 0.15) is 5.54 Å². The van der Waals surface area contributed by atoms with Gasteiger partial charge in [0.15, 0.2) is 0 Å². The van der Waals surface area contributed by atoms with Crippen LogP contribution in [0.1, 0.15) is 54.9 Å². The molecule has 1 aromatic carbocycles. The number of nitrogens with zero attached hydrogens (tertiary/aromatic N) is 1. The molecule has 0 unspecified atom stereocenters. The van der Waals surface area contributed by atoms with Gasteiger partial charge in [-0.05, 0) is 49.3 Å². The molecule has 5 heteroatoms. The Morgan fingerprint density at radius 3 is 2.39 bits per heavy atom. The Bertz CT molecular complexity index is 608.